The fraction of sp³-hybridized carbons (Fsp3) is 0.636. The van der Waals surface area contributed by atoms with Crippen molar-refractivity contribution in [1.29, 1.82) is 5.26 Å². The maximum atomic E-state index is 11.6. The second kappa shape index (κ2) is 6.05. The summed E-state index contributed by atoms with van der Waals surface area (Å²) < 4.78 is 0. The zero-order valence-electron chi connectivity index (χ0n) is 8.76. The van der Waals surface area contributed by atoms with E-state index in [-0.39, 0.29) is 5.91 Å². The minimum absolute atomic E-state index is 0.208. The summed E-state index contributed by atoms with van der Waals surface area (Å²) in [6.07, 6.45) is 6.61. The fourth-order valence-electron chi connectivity index (χ4n) is 1.20. The van der Waals surface area contributed by atoms with Crippen LogP contribution in [0.2, 0.25) is 0 Å². The number of terminal acetylenes is 1. The van der Waals surface area contributed by atoms with Gasteiger partial charge in [0.15, 0.2) is 0 Å². The molecule has 0 radical (unpaired) electrons. The molecular formula is C11H16N2O. The summed E-state index contributed by atoms with van der Waals surface area (Å²) in [5.74, 6) is 2.22. The van der Waals surface area contributed by atoms with Crippen molar-refractivity contribution in [2.45, 2.75) is 33.1 Å². The third-order valence-corrected chi connectivity index (χ3v) is 2.41. The minimum atomic E-state index is -0.880. The Labute approximate surface area is 85.5 Å². The number of hydrogen-bond acceptors (Lipinski definition) is 2. The van der Waals surface area contributed by atoms with Gasteiger partial charge in [-0.1, -0.05) is 13.8 Å². The van der Waals surface area contributed by atoms with Crippen LogP contribution in [0.5, 0.6) is 0 Å². The Morgan fingerprint density at radius 1 is 1.50 bits per heavy atom. The molecule has 0 bridgehead atoms. The van der Waals surface area contributed by atoms with Crippen LogP contribution in [0.15, 0.2) is 0 Å². The van der Waals surface area contributed by atoms with Gasteiger partial charge in [-0.25, -0.2) is 0 Å². The summed E-state index contributed by atoms with van der Waals surface area (Å²) in [7, 11) is 0. The van der Waals surface area contributed by atoms with Crippen molar-refractivity contribution in [3.63, 3.8) is 0 Å². The first-order chi connectivity index (χ1) is 6.66. The van der Waals surface area contributed by atoms with Crippen molar-refractivity contribution in [2.24, 2.45) is 5.41 Å². The maximum absolute atomic E-state index is 11.6. The molecule has 0 spiro atoms. The number of nitrogens with zero attached hydrogens (tertiary/aromatic N) is 1. The summed E-state index contributed by atoms with van der Waals surface area (Å²) in [5.41, 5.74) is -0.880. The van der Waals surface area contributed by atoms with Gasteiger partial charge in [0.05, 0.1) is 6.07 Å². The summed E-state index contributed by atoms with van der Waals surface area (Å²) in [5, 5.41) is 11.6. The van der Waals surface area contributed by atoms with E-state index >= 15 is 0 Å². The molecule has 0 heterocycles. The molecule has 1 N–H and O–H groups in total. The molecule has 0 atom stereocenters. The standard InChI is InChI=1S/C11H16N2O/c1-4-7-8-13-10(14)11(5-2,6-3)9-12/h1H,5-8H2,2-3H3,(H,13,14). The lowest BCUT2D eigenvalue weighted by atomic mass is 9.83. The van der Waals surface area contributed by atoms with Gasteiger partial charge in [0.25, 0.3) is 0 Å². The molecule has 0 aromatic rings. The molecule has 0 fully saturated rings. The molecule has 3 heteroatoms. The first-order valence-electron chi connectivity index (χ1n) is 4.79. The Bertz CT molecular complexity index is 266. The van der Waals surface area contributed by atoms with Crippen LogP contribution >= 0.6 is 0 Å². The summed E-state index contributed by atoms with van der Waals surface area (Å²) in [6, 6.07) is 2.08. The lowest BCUT2D eigenvalue weighted by molar-refractivity contribution is -0.128. The summed E-state index contributed by atoms with van der Waals surface area (Å²) >= 11 is 0. The monoisotopic (exact) mass is 192 g/mol. The number of nitriles is 1. The van der Waals surface area contributed by atoms with Crippen molar-refractivity contribution >= 4 is 5.91 Å². The third kappa shape index (κ3) is 2.78. The van der Waals surface area contributed by atoms with Crippen LogP contribution in [0.4, 0.5) is 0 Å². The first-order valence-corrected chi connectivity index (χ1v) is 4.79. The quantitative estimate of drug-likeness (QED) is 0.529. The zero-order valence-corrected chi connectivity index (χ0v) is 8.76. The van der Waals surface area contributed by atoms with Gasteiger partial charge in [0.1, 0.15) is 5.41 Å². The van der Waals surface area contributed by atoms with E-state index in [0.717, 1.165) is 0 Å². The van der Waals surface area contributed by atoms with Crippen molar-refractivity contribution in [3.8, 4) is 18.4 Å². The Balaban J connectivity index is 4.33. The van der Waals surface area contributed by atoms with Crippen LogP contribution in [0, 0.1) is 29.1 Å². The molecule has 76 valence electrons. The lowest BCUT2D eigenvalue weighted by Crippen LogP contribution is -2.39. The molecule has 0 rings (SSSR count). The molecule has 3 nitrogen and oxygen atoms in total. The van der Waals surface area contributed by atoms with Crippen LogP contribution in [-0.4, -0.2) is 12.5 Å². The SMILES string of the molecule is C#CCCNC(=O)C(C#N)(CC)CC. The van der Waals surface area contributed by atoms with Crippen LogP contribution in [0.3, 0.4) is 0 Å². The summed E-state index contributed by atoms with van der Waals surface area (Å²) in [6.45, 7) is 4.12. The minimum Gasteiger partial charge on any atom is -0.354 e. The van der Waals surface area contributed by atoms with E-state index in [1.165, 1.54) is 0 Å². The molecule has 0 aliphatic rings. The number of hydrogen-bond donors (Lipinski definition) is 1. The predicted molar refractivity (Wildman–Crippen MR) is 55.1 cm³/mol. The van der Waals surface area contributed by atoms with Crippen LogP contribution in [-0.2, 0) is 4.79 Å². The molecule has 0 saturated heterocycles. The third-order valence-electron chi connectivity index (χ3n) is 2.41. The second-order valence-electron chi connectivity index (χ2n) is 3.11. The van der Waals surface area contributed by atoms with Crippen molar-refractivity contribution in [1.82, 2.24) is 5.32 Å². The average molecular weight is 192 g/mol. The topological polar surface area (TPSA) is 52.9 Å². The number of nitrogens with one attached hydrogen (secondary N) is 1. The molecule has 0 unspecified atom stereocenters. The van der Waals surface area contributed by atoms with Crippen molar-refractivity contribution < 1.29 is 4.79 Å². The fourth-order valence-corrected chi connectivity index (χ4v) is 1.20. The lowest BCUT2D eigenvalue weighted by Gasteiger charge is -2.21. The second-order valence-corrected chi connectivity index (χ2v) is 3.11. The highest BCUT2D eigenvalue weighted by molar-refractivity contribution is 5.85. The predicted octanol–water partition coefficient (Wildman–Crippen LogP) is 1.46. The van der Waals surface area contributed by atoms with Crippen LogP contribution in [0.25, 0.3) is 0 Å². The number of rotatable bonds is 5. The number of amides is 1. The van der Waals surface area contributed by atoms with E-state index in [1.807, 2.05) is 13.8 Å². The molecular weight excluding hydrogens is 176 g/mol. The molecule has 0 aromatic heterocycles. The van der Waals surface area contributed by atoms with Gasteiger partial charge in [0.2, 0.25) is 5.91 Å². The van der Waals surface area contributed by atoms with E-state index in [4.69, 9.17) is 11.7 Å². The Kier molecular flexibility index (Phi) is 5.41. The number of carbonyl (C=O) groups is 1. The smallest absolute Gasteiger partial charge is 0.240 e. The molecule has 14 heavy (non-hydrogen) atoms. The first kappa shape index (κ1) is 12.5. The van der Waals surface area contributed by atoms with Gasteiger partial charge in [-0.2, -0.15) is 5.26 Å². The molecule has 0 aliphatic carbocycles. The zero-order chi connectivity index (χ0) is 11.0. The van der Waals surface area contributed by atoms with Gasteiger partial charge >= 0.3 is 0 Å². The van der Waals surface area contributed by atoms with E-state index < -0.39 is 5.41 Å². The van der Waals surface area contributed by atoms with Crippen LogP contribution in [0.1, 0.15) is 33.1 Å². The highest BCUT2D eigenvalue weighted by Crippen LogP contribution is 2.25. The highest BCUT2D eigenvalue weighted by Gasteiger charge is 2.34. The van der Waals surface area contributed by atoms with E-state index in [0.29, 0.717) is 25.8 Å². The van der Waals surface area contributed by atoms with Gasteiger partial charge in [0, 0.05) is 13.0 Å². The molecule has 0 aromatic carbocycles. The molecule has 0 saturated carbocycles. The van der Waals surface area contributed by atoms with Crippen molar-refractivity contribution in [2.75, 3.05) is 6.54 Å². The number of carbonyl (C=O) groups excluding carboxylic acids is 1. The molecule has 0 aliphatic heterocycles. The highest BCUT2D eigenvalue weighted by atomic mass is 16.2. The maximum Gasteiger partial charge on any atom is 0.240 e. The van der Waals surface area contributed by atoms with Gasteiger partial charge < -0.3 is 5.32 Å². The van der Waals surface area contributed by atoms with Crippen molar-refractivity contribution in [3.05, 3.63) is 0 Å². The normalized spacial score (nSPS) is 10.0. The Hall–Kier alpha value is -1.48. The van der Waals surface area contributed by atoms with E-state index in [9.17, 15) is 4.79 Å². The summed E-state index contributed by atoms with van der Waals surface area (Å²) in [4.78, 5) is 11.6. The van der Waals surface area contributed by atoms with Crippen LogP contribution < -0.4 is 5.32 Å². The van der Waals surface area contributed by atoms with Gasteiger partial charge in [-0.05, 0) is 12.8 Å². The van der Waals surface area contributed by atoms with E-state index in [1.54, 1.807) is 0 Å². The van der Waals surface area contributed by atoms with Gasteiger partial charge in [-0.3, -0.25) is 4.79 Å². The van der Waals surface area contributed by atoms with Gasteiger partial charge in [-0.15, -0.1) is 12.3 Å². The average Bonchev–Trinajstić information content (AvgIpc) is 2.22. The van der Waals surface area contributed by atoms with E-state index in [2.05, 4.69) is 17.3 Å². The molecule has 1 amide bonds. The largest absolute Gasteiger partial charge is 0.354 e. The Morgan fingerprint density at radius 3 is 2.43 bits per heavy atom. The Morgan fingerprint density at radius 2 is 2.07 bits per heavy atom.